The van der Waals surface area contributed by atoms with Crippen molar-refractivity contribution in [3.8, 4) is 6.07 Å². The quantitative estimate of drug-likeness (QED) is 0.250. The lowest BCUT2D eigenvalue weighted by Crippen LogP contribution is -2.30. The van der Waals surface area contributed by atoms with E-state index in [1.54, 1.807) is 6.07 Å². The van der Waals surface area contributed by atoms with Crippen LogP contribution in [0.2, 0.25) is 0 Å². The van der Waals surface area contributed by atoms with Crippen LogP contribution in [0, 0.1) is 11.3 Å². The van der Waals surface area contributed by atoms with Crippen molar-refractivity contribution in [2.24, 2.45) is 0 Å². The Labute approximate surface area is 124 Å². The summed E-state index contributed by atoms with van der Waals surface area (Å²) >= 11 is 0. The summed E-state index contributed by atoms with van der Waals surface area (Å²) < 4.78 is 0. The highest BCUT2D eigenvalue weighted by Crippen LogP contribution is 1.99. The van der Waals surface area contributed by atoms with Crippen LogP contribution in [0.3, 0.4) is 0 Å². The Morgan fingerprint density at radius 1 is 1.33 bits per heavy atom. The van der Waals surface area contributed by atoms with Crippen molar-refractivity contribution in [1.82, 2.24) is 10.6 Å². The average molecular weight is 297 g/mol. The molecule has 1 atom stereocenters. The molecule has 0 aromatic carbocycles. The number of hydrogen-bond donors (Lipinski definition) is 4. The first-order valence-electron chi connectivity index (χ1n) is 7.02. The van der Waals surface area contributed by atoms with E-state index >= 15 is 0 Å². The van der Waals surface area contributed by atoms with Crippen molar-refractivity contribution in [3.05, 3.63) is 11.8 Å². The van der Waals surface area contributed by atoms with Gasteiger partial charge in [0.25, 0.3) is 5.91 Å². The number of rotatable bonds is 11. The molecule has 1 amide bonds. The maximum absolute atomic E-state index is 11.7. The van der Waals surface area contributed by atoms with Gasteiger partial charge in [-0.3, -0.25) is 9.59 Å². The van der Waals surface area contributed by atoms with E-state index in [1.807, 2.05) is 6.92 Å². The van der Waals surface area contributed by atoms with Crippen molar-refractivity contribution in [1.29, 1.82) is 5.26 Å². The van der Waals surface area contributed by atoms with Gasteiger partial charge in [0.15, 0.2) is 0 Å². The molecule has 118 valence electrons. The van der Waals surface area contributed by atoms with Gasteiger partial charge in [-0.15, -0.1) is 0 Å². The zero-order chi connectivity index (χ0) is 16.1. The van der Waals surface area contributed by atoms with E-state index in [0.717, 1.165) is 0 Å². The minimum atomic E-state index is -0.825. The Bertz CT molecular complexity index is 398. The summed E-state index contributed by atoms with van der Waals surface area (Å²) in [5.74, 6) is -1.30. The van der Waals surface area contributed by atoms with Gasteiger partial charge in [-0.05, 0) is 19.3 Å². The molecule has 4 N–H and O–H groups in total. The largest absolute Gasteiger partial charge is 0.481 e. The number of nitriles is 1. The number of carboxylic acids is 1. The van der Waals surface area contributed by atoms with E-state index in [4.69, 9.17) is 15.5 Å². The molecule has 0 rings (SSSR count). The molecule has 0 heterocycles. The summed E-state index contributed by atoms with van der Waals surface area (Å²) in [6, 6.07) is 1.62. The number of hydrogen-bond acceptors (Lipinski definition) is 5. The fourth-order valence-electron chi connectivity index (χ4n) is 1.52. The van der Waals surface area contributed by atoms with Gasteiger partial charge in [0.05, 0.1) is 6.61 Å². The molecule has 0 fully saturated rings. The summed E-state index contributed by atoms with van der Waals surface area (Å²) in [7, 11) is 0. The molecule has 0 spiro atoms. The van der Waals surface area contributed by atoms with Gasteiger partial charge in [-0.2, -0.15) is 5.26 Å². The Morgan fingerprint density at radius 2 is 2.05 bits per heavy atom. The van der Waals surface area contributed by atoms with E-state index in [2.05, 4.69) is 10.6 Å². The van der Waals surface area contributed by atoms with Gasteiger partial charge in [0.1, 0.15) is 11.6 Å². The van der Waals surface area contributed by atoms with Gasteiger partial charge < -0.3 is 20.8 Å². The molecule has 1 unspecified atom stereocenters. The van der Waals surface area contributed by atoms with Gasteiger partial charge in [0.2, 0.25) is 0 Å². The molecule has 0 aliphatic rings. The average Bonchev–Trinajstić information content (AvgIpc) is 2.47. The zero-order valence-electron chi connectivity index (χ0n) is 12.3. The lowest BCUT2D eigenvalue weighted by atomic mass is 10.2. The Kier molecular flexibility index (Phi) is 10.6. The van der Waals surface area contributed by atoms with Crippen LogP contribution in [0.15, 0.2) is 11.8 Å². The van der Waals surface area contributed by atoms with Gasteiger partial charge in [-0.25, -0.2) is 0 Å². The van der Waals surface area contributed by atoms with E-state index < -0.39 is 11.9 Å². The lowest BCUT2D eigenvalue weighted by Gasteiger charge is -2.11. The minimum Gasteiger partial charge on any atom is -0.481 e. The molecule has 0 aromatic rings. The Morgan fingerprint density at radius 3 is 2.57 bits per heavy atom. The first-order chi connectivity index (χ1) is 10.0. The lowest BCUT2D eigenvalue weighted by molar-refractivity contribution is -0.137. The second kappa shape index (κ2) is 11.7. The van der Waals surface area contributed by atoms with Gasteiger partial charge >= 0.3 is 5.97 Å². The summed E-state index contributed by atoms with van der Waals surface area (Å²) in [6.45, 7) is 2.20. The fourth-order valence-corrected chi connectivity index (χ4v) is 1.52. The molecule has 0 aromatic heterocycles. The van der Waals surface area contributed by atoms with E-state index in [0.29, 0.717) is 32.2 Å². The third kappa shape index (κ3) is 9.46. The highest BCUT2D eigenvalue weighted by Gasteiger charge is 2.09. The topological polar surface area (TPSA) is 122 Å². The van der Waals surface area contributed by atoms with Gasteiger partial charge in [0, 0.05) is 25.2 Å². The number of carbonyl (C=O) groups excluding carboxylic acids is 1. The van der Waals surface area contributed by atoms with Crippen molar-refractivity contribution in [3.63, 3.8) is 0 Å². The smallest absolute Gasteiger partial charge is 0.303 e. The highest BCUT2D eigenvalue weighted by molar-refractivity contribution is 5.97. The highest BCUT2D eigenvalue weighted by atomic mass is 16.4. The SMILES string of the molecule is CCC(CO)N/C=C(/C#N)C(=O)NCCCCCC(=O)O. The van der Waals surface area contributed by atoms with Crippen LogP contribution in [0.1, 0.15) is 39.0 Å². The fraction of sp³-hybridized carbons (Fsp3) is 0.643. The Hall–Kier alpha value is -2.07. The molecule has 0 aliphatic heterocycles. The summed E-state index contributed by atoms with van der Waals surface area (Å²) in [6.07, 6.45) is 4.06. The number of carbonyl (C=O) groups is 2. The predicted octanol–water partition coefficient (Wildman–Crippen LogP) is 0.516. The van der Waals surface area contributed by atoms with Crippen molar-refractivity contribution < 1.29 is 19.8 Å². The van der Waals surface area contributed by atoms with Crippen LogP contribution < -0.4 is 10.6 Å². The van der Waals surface area contributed by atoms with Gasteiger partial charge in [-0.1, -0.05) is 13.3 Å². The standard InChI is InChI=1S/C14H23N3O4/c1-2-12(10-18)17-9-11(8-15)14(21)16-7-5-3-4-6-13(19)20/h9,12,17-18H,2-7,10H2,1H3,(H,16,21)(H,19,20)/b11-9-. The minimum absolute atomic E-state index is 0.0487. The number of aliphatic hydroxyl groups excluding tert-OH is 1. The van der Waals surface area contributed by atoms with Crippen LogP contribution in [-0.4, -0.2) is 41.3 Å². The third-order valence-electron chi connectivity index (χ3n) is 2.89. The molecule has 7 nitrogen and oxygen atoms in total. The first-order valence-corrected chi connectivity index (χ1v) is 7.02. The number of amides is 1. The predicted molar refractivity (Wildman–Crippen MR) is 77.1 cm³/mol. The van der Waals surface area contributed by atoms with E-state index in [9.17, 15) is 9.59 Å². The van der Waals surface area contributed by atoms with E-state index in [1.165, 1.54) is 6.20 Å². The number of nitrogens with one attached hydrogen (secondary N) is 2. The summed E-state index contributed by atoms with van der Waals surface area (Å²) in [5, 5.41) is 31.8. The Balaban J connectivity index is 4.03. The molecule has 7 heteroatoms. The number of aliphatic hydroxyl groups is 1. The van der Waals surface area contributed by atoms with Crippen LogP contribution in [0.5, 0.6) is 0 Å². The molecule has 0 radical (unpaired) electrons. The molecule has 0 aliphatic carbocycles. The summed E-state index contributed by atoms with van der Waals surface area (Å²) in [4.78, 5) is 22.0. The van der Waals surface area contributed by atoms with Crippen LogP contribution in [0.25, 0.3) is 0 Å². The molecular formula is C14H23N3O4. The molecular weight excluding hydrogens is 274 g/mol. The number of nitrogens with zero attached hydrogens (tertiary/aromatic N) is 1. The molecule has 21 heavy (non-hydrogen) atoms. The van der Waals surface area contributed by atoms with Crippen molar-refractivity contribution in [2.45, 2.75) is 45.1 Å². The molecule has 0 saturated carbocycles. The third-order valence-corrected chi connectivity index (χ3v) is 2.89. The van der Waals surface area contributed by atoms with Crippen molar-refractivity contribution in [2.75, 3.05) is 13.2 Å². The van der Waals surface area contributed by atoms with Crippen LogP contribution >= 0.6 is 0 Å². The number of unbranched alkanes of at least 4 members (excludes halogenated alkanes) is 2. The zero-order valence-corrected chi connectivity index (χ0v) is 12.3. The molecule has 0 bridgehead atoms. The normalized spacial score (nSPS) is 12.3. The second-order valence-corrected chi connectivity index (χ2v) is 4.58. The number of aliphatic carboxylic acids is 1. The molecule has 0 saturated heterocycles. The van der Waals surface area contributed by atoms with E-state index in [-0.39, 0.29) is 24.6 Å². The maximum Gasteiger partial charge on any atom is 0.303 e. The van der Waals surface area contributed by atoms with Crippen LogP contribution in [-0.2, 0) is 9.59 Å². The maximum atomic E-state index is 11.7. The van der Waals surface area contributed by atoms with Crippen molar-refractivity contribution >= 4 is 11.9 Å². The number of carboxylic acid groups (broad SMARTS) is 1. The summed E-state index contributed by atoms with van der Waals surface area (Å²) in [5.41, 5.74) is -0.0487. The van der Waals surface area contributed by atoms with Crippen LogP contribution in [0.4, 0.5) is 0 Å². The monoisotopic (exact) mass is 297 g/mol. The first kappa shape index (κ1) is 18.9. The second-order valence-electron chi connectivity index (χ2n) is 4.58.